The van der Waals surface area contributed by atoms with Crippen LogP contribution in [0.3, 0.4) is 0 Å². The number of carbonyl (C=O) groups excluding carboxylic acids is 1. The van der Waals surface area contributed by atoms with Crippen LogP contribution in [0.15, 0.2) is 28.0 Å². The van der Waals surface area contributed by atoms with Gasteiger partial charge in [0, 0.05) is 0 Å². The molecule has 0 saturated carbocycles. The molecule has 0 aliphatic rings. The Bertz CT molecular complexity index is 386. The Labute approximate surface area is 93.1 Å². The second-order valence-electron chi connectivity index (χ2n) is 3.60. The largest absolute Gasteiger partial charge is 0.459 e. The molecular formula is C10H15N3O3. The van der Waals surface area contributed by atoms with E-state index >= 15 is 0 Å². The maximum absolute atomic E-state index is 11.7. The monoisotopic (exact) mass is 225 g/mol. The smallest absolute Gasteiger partial charge is 0.287 e. The van der Waals surface area contributed by atoms with Crippen molar-refractivity contribution in [3.05, 3.63) is 24.2 Å². The molecule has 1 amide bonds. The summed E-state index contributed by atoms with van der Waals surface area (Å²) >= 11 is 0. The van der Waals surface area contributed by atoms with E-state index in [-0.39, 0.29) is 11.6 Å². The summed E-state index contributed by atoms with van der Waals surface area (Å²) < 4.78 is 4.94. The maximum atomic E-state index is 11.7. The first-order valence-electron chi connectivity index (χ1n) is 4.87. The fourth-order valence-corrected chi connectivity index (χ4v) is 1.16. The van der Waals surface area contributed by atoms with Gasteiger partial charge < -0.3 is 20.7 Å². The Morgan fingerprint density at radius 2 is 2.44 bits per heavy atom. The van der Waals surface area contributed by atoms with Gasteiger partial charge in [-0.05, 0) is 25.5 Å². The van der Waals surface area contributed by atoms with Crippen molar-refractivity contribution in [3.63, 3.8) is 0 Å². The van der Waals surface area contributed by atoms with E-state index in [4.69, 9.17) is 15.4 Å². The van der Waals surface area contributed by atoms with Gasteiger partial charge in [-0.2, -0.15) is 0 Å². The first-order valence-corrected chi connectivity index (χ1v) is 4.87. The van der Waals surface area contributed by atoms with Gasteiger partial charge in [-0.25, -0.2) is 0 Å². The van der Waals surface area contributed by atoms with Crippen LogP contribution in [0.1, 0.15) is 30.8 Å². The average molecular weight is 225 g/mol. The molecule has 1 heterocycles. The molecule has 1 aromatic rings. The van der Waals surface area contributed by atoms with E-state index in [1.54, 1.807) is 13.0 Å². The van der Waals surface area contributed by atoms with Crippen molar-refractivity contribution in [2.45, 2.75) is 25.8 Å². The molecule has 16 heavy (non-hydrogen) atoms. The summed E-state index contributed by atoms with van der Waals surface area (Å²) in [7, 11) is 0. The van der Waals surface area contributed by atoms with Gasteiger partial charge in [-0.15, -0.1) is 0 Å². The number of oxime groups is 1. The SMILES string of the molecule is CCC(C)(NC(=O)c1ccco1)/C(N)=N/O. The number of hydrogen-bond acceptors (Lipinski definition) is 4. The standard InChI is InChI=1S/C10H15N3O3/c1-3-10(2,9(11)13-15)12-8(14)7-5-4-6-16-7/h4-6,15H,3H2,1-2H3,(H2,11,13)(H,12,14). The van der Waals surface area contributed by atoms with Crippen LogP contribution < -0.4 is 11.1 Å². The Hall–Kier alpha value is -1.98. The molecule has 0 spiro atoms. The molecule has 6 nitrogen and oxygen atoms in total. The highest BCUT2D eigenvalue weighted by Crippen LogP contribution is 2.11. The van der Waals surface area contributed by atoms with Gasteiger partial charge in [0.15, 0.2) is 11.6 Å². The van der Waals surface area contributed by atoms with Crippen molar-refractivity contribution >= 4 is 11.7 Å². The van der Waals surface area contributed by atoms with Crippen LogP contribution in [-0.2, 0) is 0 Å². The fourth-order valence-electron chi connectivity index (χ4n) is 1.16. The van der Waals surface area contributed by atoms with E-state index in [1.165, 1.54) is 12.3 Å². The van der Waals surface area contributed by atoms with Gasteiger partial charge in [-0.1, -0.05) is 12.1 Å². The van der Waals surface area contributed by atoms with Crippen molar-refractivity contribution in [2.75, 3.05) is 0 Å². The van der Waals surface area contributed by atoms with Crippen molar-refractivity contribution in [3.8, 4) is 0 Å². The zero-order chi connectivity index (χ0) is 12.2. The van der Waals surface area contributed by atoms with Crippen LogP contribution >= 0.6 is 0 Å². The summed E-state index contributed by atoms with van der Waals surface area (Å²) in [6, 6.07) is 3.15. The van der Waals surface area contributed by atoms with Crippen molar-refractivity contribution < 1.29 is 14.4 Å². The summed E-state index contributed by atoms with van der Waals surface area (Å²) in [5.41, 5.74) is 4.63. The lowest BCUT2D eigenvalue weighted by Crippen LogP contribution is -2.55. The Balaban J connectivity index is 2.82. The zero-order valence-electron chi connectivity index (χ0n) is 9.23. The number of nitrogens with zero attached hydrogens (tertiary/aromatic N) is 1. The van der Waals surface area contributed by atoms with Gasteiger partial charge in [0.25, 0.3) is 5.91 Å². The molecule has 0 bridgehead atoms. The van der Waals surface area contributed by atoms with Gasteiger partial charge in [0.2, 0.25) is 0 Å². The van der Waals surface area contributed by atoms with E-state index in [2.05, 4.69) is 10.5 Å². The molecule has 0 radical (unpaired) electrons. The second-order valence-corrected chi connectivity index (χ2v) is 3.60. The van der Waals surface area contributed by atoms with E-state index in [0.29, 0.717) is 6.42 Å². The van der Waals surface area contributed by atoms with Crippen LogP contribution in [0.25, 0.3) is 0 Å². The number of nitrogens with one attached hydrogen (secondary N) is 1. The molecule has 0 aliphatic heterocycles. The summed E-state index contributed by atoms with van der Waals surface area (Å²) in [6.07, 6.45) is 1.90. The Morgan fingerprint density at radius 1 is 1.75 bits per heavy atom. The highest BCUT2D eigenvalue weighted by molar-refractivity contribution is 5.98. The minimum Gasteiger partial charge on any atom is -0.459 e. The predicted molar refractivity (Wildman–Crippen MR) is 58.3 cm³/mol. The lowest BCUT2D eigenvalue weighted by molar-refractivity contribution is 0.0896. The van der Waals surface area contributed by atoms with Gasteiger partial charge >= 0.3 is 0 Å². The van der Waals surface area contributed by atoms with E-state index in [0.717, 1.165) is 0 Å². The topological polar surface area (TPSA) is 101 Å². The summed E-state index contributed by atoms with van der Waals surface area (Å²) in [5.74, 6) is -0.263. The first-order chi connectivity index (χ1) is 7.53. The third kappa shape index (κ3) is 2.33. The second kappa shape index (κ2) is 4.69. The van der Waals surface area contributed by atoms with E-state index in [1.807, 2.05) is 6.92 Å². The molecule has 1 unspecified atom stereocenters. The number of amidine groups is 1. The average Bonchev–Trinajstić information content (AvgIpc) is 2.81. The molecule has 88 valence electrons. The molecule has 6 heteroatoms. The Morgan fingerprint density at radius 3 is 2.88 bits per heavy atom. The van der Waals surface area contributed by atoms with E-state index < -0.39 is 11.4 Å². The third-order valence-corrected chi connectivity index (χ3v) is 2.51. The van der Waals surface area contributed by atoms with Crippen molar-refractivity contribution in [1.29, 1.82) is 0 Å². The highest BCUT2D eigenvalue weighted by atomic mass is 16.4. The number of carbonyl (C=O) groups is 1. The van der Waals surface area contributed by atoms with Crippen LogP contribution in [0.2, 0.25) is 0 Å². The quantitative estimate of drug-likeness (QED) is 0.307. The molecule has 0 aromatic carbocycles. The molecule has 0 fully saturated rings. The van der Waals surface area contributed by atoms with Crippen molar-refractivity contribution in [1.82, 2.24) is 5.32 Å². The van der Waals surface area contributed by atoms with Crippen molar-refractivity contribution in [2.24, 2.45) is 10.9 Å². The first kappa shape index (κ1) is 12.1. The fraction of sp³-hybridized carbons (Fsp3) is 0.400. The highest BCUT2D eigenvalue weighted by Gasteiger charge is 2.30. The molecule has 1 rings (SSSR count). The normalized spacial score (nSPS) is 15.5. The van der Waals surface area contributed by atoms with Gasteiger partial charge in [0.1, 0.15) is 0 Å². The summed E-state index contributed by atoms with van der Waals surface area (Å²) in [6.45, 7) is 3.49. The lowest BCUT2D eigenvalue weighted by atomic mass is 9.97. The molecule has 0 aliphatic carbocycles. The molecular weight excluding hydrogens is 210 g/mol. The minimum atomic E-state index is -0.890. The lowest BCUT2D eigenvalue weighted by Gasteiger charge is -2.27. The number of nitrogens with two attached hydrogens (primary N) is 1. The molecule has 1 atom stereocenters. The predicted octanol–water partition coefficient (Wildman–Crippen LogP) is 0.925. The number of furan rings is 1. The Kier molecular flexibility index (Phi) is 3.55. The molecule has 0 saturated heterocycles. The van der Waals surface area contributed by atoms with Crippen LogP contribution in [0.4, 0.5) is 0 Å². The molecule has 1 aromatic heterocycles. The van der Waals surface area contributed by atoms with E-state index in [9.17, 15) is 4.79 Å². The zero-order valence-corrected chi connectivity index (χ0v) is 9.23. The van der Waals surface area contributed by atoms with Crippen LogP contribution in [-0.4, -0.2) is 22.5 Å². The maximum Gasteiger partial charge on any atom is 0.287 e. The number of hydrogen-bond donors (Lipinski definition) is 3. The third-order valence-electron chi connectivity index (χ3n) is 2.51. The number of amides is 1. The minimum absolute atomic E-state index is 0.0464. The summed E-state index contributed by atoms with van der Waals surface area (Å²) in [5, 5.41) is 14.2. The van der Waals surface area contributed by atoms with Gasteiger partial charge in [-0.3, -0.25) is 4.79 Å². The van der Waals surface area contributed by atoms with Crippen LogP contribution in [0.5, 0.6) is 0 Å². The van der Waals surface area contributed by atoms with Crippen LogP contribution in [0, 0.1) is 0 Å². The van der Waals surface area contributed by atoms with Gasteiger partial charge in [0.05, 0.1) is 11.8 Å². The molecule has 4 N–H and O–H groups in total. The number of rotatable bonds is 4. The summed E-state index contributed by atoms with van der Waals surface area (Å²) in [4.78, 5) is 11.7.